The number of pyridine rings is 1. The molecule has 1 N–H and O–H groups in total. The maximum Gasteiger partial charge on any atom is 0.257 e. The monoisotopic (exact) mass is 327 g/mol. The van der Waals surface area contributed by atoms with E-state index < -0.39 is 0 Å². The summed E-state index contributed by atoms with van der Waals surface area (Å²) in [7, 11) is 0. The summed E-state index contributed by atoms with van der Waals surface area (Å²) in [6, 6.07) is 10.9. The van der Waals surface area contributed by atoms with Gasteiger partial charge in [-0.25, -0.2) is 0 Å². The molecule has 5 nitrogen and oxygen atoms in total. The molecule has 6 heteroatoms. The van der Waals surface area contributed by atoms with Crippen molar-refractivity contribution in [3.63, 3.8) is 0 Å². The van der Waals surface area contributed by atoms with Crippen molar-refractivity contribution in [1.82, 2.24) is 15.5 Å². The minimum absolute atomic E-state index is 0.254. The molecule has 0 saturated carbocycles. The van der Waals surface area contributed by atoms with Crippen LogP contribution in [0, 0.1) is 6.92 Å². The minimum atomic E-state index is -0.254. The van der Waals surface area contributed by atoms with Crippen LogP contribution in [0.25, 0.3) is 11.3 Å². The molecule has 0 aliphatic heterocycles. The molecule has 0 unspecified atom stereocenters. The summed E-state index contributed by atoms with van der Waals surface area (Å²) in [5, 5.41) is 7.27. The smallest absolute Gasteiger partial charge is 0.257 e. The van der Waals surface area contributed by atoms with Crippen molar-refractivity contribution in [2.45, 2.75) is 13.5 Å². The average molecular weight is 328 g/mol. The molecule has 0 fully saturated rings. The van der Waals surface area contributed by atoms with E-state index in [1.807, 2.05) is 24.3 Å². The van der Waals surface area contributed by atoms with Gasteiger partial charge in [0.15, 0.2) is 5.76 Å². The molecular formula is C17H14ClN3O2. The number of aromatic nitrogens is 2. The predicted molar refractivity (Wildman–Crippen MR) is 87.1 cm³/mol. The lowest BCUT2D eigenvalue weighted by Crippen LogP contribution is -2.23. The van der Waals surface area contributed by atoms with Crippen molar-refractivity contribution in [3.05, 3.63) is 70.6 Å². The van der Waals surface area contributed by atoms with Gasteiger partial charge in [0.2, 0.25) is 0 Å². The number of nitrogens with zero attached hydrogens (tertiary/aromatic N) is 2. The molecule has 2 aromatic heterocycles. The van der Waals surface area contributed by atoms with Crippen LogP contribution >= 0.6 is 11.6 Å². The van der Waals surface area contributed by atoms with Crippen LogP contribution in [0.4, 0.5) is 0 Å². The first-order valence-electron chi connectivity index (χ1n) is 7.05. The first-order chi connectivity index (χ1) is 11.2. The van der Waals surface area contributed by atoms with Crippen LogP contribution in [-0.2, 0) is 6.54 Å². The van der Waals surface area contributed by atoms with Crippen LogP contribution in [0.5, 0.6) is 0 Å². The lowest BCUT2D eigenvalue weighted by molar-refractivity contribution is 0.0950. The summed E-state index contributed by atoms with van der Waals surface area (Å²) in [6.45, 7) is 2.12. The highest BCUT2D eigenvalue weighted by Gasteiger charge is 2.22. The number of carbonyl (C=O) groups is 1. The quantitative estimate of drug-likeness (QED) is 0.794. The van der Waals surface area contributed by atoms with Gasteiger partial charge in [-0.1, -0.05) is 28.9 Å². The van der Waals surface area contributed by atoms with Gasteiger partial charge in [-0.2, -0.15) is 0 Å². The molecule has 2 heterocycles. The van der Waals surface area contributed by atoms with Crippen LogP contribution in [0.2, 0.25) is 5.02 Å². The Balaban J connectivity index is 1.87. The number of aryl methyl sites for hydroxylation is 1. The standard InChI is InChI=1S/C17H14ClN3O2/c1-11-15(17(22)20-10-12-6-8-19-9-7-12)16(23-21-11)13-4-2-3-5-14(13)18/h2-9H,10H2,1H3,(H,20,22). The van der Waals surface area contributed by atoms with Gasteiger partial charge in [0, 0.05) is 24.5 Å². The number of halogens is 1. The molecule has 0 saturated heterocycles. The summed E-state index contributed by atoms with van der Waals surface area (Å²) in [6.07, 6.45) is 3.36. The Kier molecular flexibility index (Phi) is 4.39. The van der Waals surface area contributed by atoms with Gasteiger partial charge >= 0.3 is 0 Å². The molecule has 116 valence electrons. The van der Waals surface area contributed by atoms with Crippen molar-refractivity contribution < 1.29 is 9.32 Å². The van der Waals surface area contributed by atoms with Gasteiger partial charge in [-0.15, -0.1) is 0 Å². The van der Waals surface area contributed by atoms with Crippen molar-refractivity contribution in [2.75, 3.05) is 0 Å². The van der Waals surface area contributed by atoms with Crippen LogP contribution in [-0.4, -0.2) is 16.0 Å². The molecule has 3 aromatic rings. The second-order valence-electron chi connectivity index (χ2n) is 4.99. The summed E-state index contributed by atoms with van der Waals surface area (Å²) >= 11 is 6.19. The Morgan fingerprint density at radius 3 is 2.70 bits per heavy atom. The number of hydrogen-bond acceptors (Lipinski definition) is 4. The van der Waals surface area contributed by atoms with Crippen LogP contribution in [0.15, 0.2) is 53.3 Å². The Labute approximate surface area is 138 Å². The number of carbonyl (C=O) groups excluding carboxylic acids is 1. The van der Waals surface area contributed by atoms with E-state index in [0.717, 1.165) is 5.56 Å². The van der Waals surface area contributed by atoms with Gasteiger partial charge in [-0.05, 0) is 36.8 Å². The van der Waals surface area contributed by atoms with E-state index in [2.05, 4.69) is 15.5 Å². The Bertz CT molecular complexity index is 831. The van der Waals surface area contributed by atoms with Gasteiger partial charge in [0.25, 0.3) is 5.91 Å². The minimum Gasteiger partial charge on any atom is -0.355 e. The third-order valence-electron chi connectivity index (χ3n) is 3.41. The Hall–Kier alpha value is -2.66. The lowest BCUT2D eigenvalue weighted by atomic mass is 10.1. The molecule has 3 rings (SSSR count). The highest BCUT2D eigenvalue weighted by Crippen LogP contribution is 2.31. The van der Waals surface area contributed by atoms with Crippen LogP contribution in [0.3, 0.4) is 0 Å². The topological polar surface area (TPSA) is 68.0 Å². The third-order valence-corrected chi connectivity index (χ3v) is 3.74. The molecule has 0 atom stereocenters. The summed E-state index contributed by atoms with van der Waals surface area (Å²) in [4.78, 5) is 16.5. The molecule has 1 aromatic carbocycles. The Morgan fingerprint density at radius 2 is 1.96 bits per heavy atom. The zero-order valence-corrected chi connectivity index (χ0v) is 13.2. The predicted octanol–water partition coefficient (Wildman–Crippen LogP) is 3.63. The van der Waals surface area contributed by atoms with E-state index in [4.69, 9.17) is 16.1 Å². The summed E-state index contributed by atoms with van der Waals surface area (Å²) < 4.78 is 5.33. The van der Waals surface area contributed by atoms with Crippen molar-refractivity contribution in [2.24, 2.45) is 0 Å². The highest BCUT2D eigenvalue weighted by atomic mass is 35.5. The number of benzene rings is 1. The molecule has 0 radical (unpaired) electrons. The molecule has 0 aliphatic rings. The lowest BCUT2D eigenvalue weighted by Gasteiger charge is -2.06. The van der Waals surface area contributed by atoms with Gasteiger partial charge < -0.3 is 9.84 Å². The fraction of sp³-hybridized carbons (Fsp3) is 0.118. The maximum absolute atomic E-state index is 12.5. The fourth-order valence-electron chi connectivity index (χ4n) is 2.24. The van der Waals surface area contributed by atoms with Gasteiger partial charge in [-0.3, -0.25) is 9.78 Å². The molecule has 23 heavy (non-hydrogen) atoms. The number of amides is 1. The second-order valence-corrected chi connectivity index (χ2v) is 5.40. The second kappa shape index (κ2) is 6.62. The first-order valence-corrected chi connectivity index (χ1v) is 7.43. The largest absolute Gasteiger partial charge is 0.355 e. The van der Waals surface area contributed by atoms with Crippen molar-refractivity contribution in [3.8, 4) is 11.3 Å². The Morgan fingerprint density at radius 1 is 1.22 bits per heavy atom. The van der Waals surface area contributed by atoms with E-state index in [-0.39, 0.29) is 5.91 Å². The molecule has 0 aliphatic carbocycles. The van der Waals surface area contributed by atoms with E-state index >= 15 is 0 Å². The van der Waals surface area contributed by atoms with Gasteiger partial charge in [0.05, 0.1) is 10.7 Å². The zero-order valence-electron chi connectivity index (χ0n) is 12.4. The zero-order chi connectivity index (χ0) is 16.2. The fourth-order valence-corrected chi connectivity index (χ4v) is 2.46. The molecule has 0 spiro atoms. The van der Waals surface area contributed by atoms with E-state index in [9.17, 15) is 4.79 Å². The molecule has 1 amide bonds. The highest BCUT2D eigenvalue weighted by molar-refractivity contribution is 6.33. The summed E-state index contributed by atoms with van der Waals surface area (Å²) in [5.41, 5.74) is 2.52. The van der Waals surface area contributed by atoms with Crippen molar-refractivity contribution in [1.29, 1.82) is 0 Å². The van der Waals surface area contributed by atoms with E-state index in [1.54, 1.807) is 31.5 Å². The molecule has 0 bridgehead atoms. The van der Waals surface area contributed by atoms with E-state index in [0.29, 0.717) is 34.1 Å². The first kappa shape index (κ1) is 15.2. The molecular weight excluding hydrogens is 314 g/mol. The maximum atomic E-state index is 12.5. The average Bonchev–Trinajstić information content (AvgIpc) is 2.95. The SMILES string of the molecule is Cc1noc(-c2ccccc2Cl)c1C(=O)NCc1ccncc1. The number of nitrogens with one attached hydrogen (secondary N) is 1. The van der Waals surface area contributed by atoms with Crippen molar-refractivity contribution >= 4 is 17.5 Å². The van der Waals surface area contributed by atoms with Gasteiger partial charge in [0.1, 0.15) is 5.56 Å². The summed E-state index contributed by atoms with van der Waals surface area (Å²) in [5.74, 6) is 0.121. The normalized spacial score (nSPS) is 10.5. The van der Waals surface area contributed by atoms with Crippen LogP contribution in [0.1, 0.15) is 21.6 Å². The van der Waals surface area contributed by atoms with Crippen LogP contribution < -0.4 is 5.32 Å². The third kappa shape index (κ3) is 3.24. The number of rotatable bonds is 4. The number of hydrogen-bond donors (Lipinski definition) is 1. The van der Waals surface area contributed by atoms with E-state index in [1.165, 1.54) is 0 Å².